The highest BCUT2D eigenvalue weighted by Gasteiger charge is 2.14. The fourth-order valence-electron chi connectivity index (χ4n) is 2.80. The summed E-state index contributed by atoms with van der Waals surface area (Å²) in [5, 5.41) is 13.7. The third-order valence-corrected chi connectivity index (χ3v) is 4.92. The Morgan fingerprint density at radius 1 is 1.38 bits per heavy atom. The molecule has 0 aromatic carbocycles. The van der Waals surface area contributed by atoms with Crippen LogP contribution in [0.4, 0.5) is 0 Å². The lowest BCUT2D eigenvalue weighted by molar-refractivity contribution is -0.121. The summed E-state index contributed by atoms with van der Waals surface area (Å²) in [6.07, 6.45) is 8.25. The van der Waals surface area contributed by atoms with Crippen molar-refractivity contribution in [2.24, 2.45) is 5.92 Å². The fourth-order valence-corrected chi connectivity index (χ4v) is 3.57. The van der Waals surface area contributed by atoms with Crippen LogP contribution in [0.1, 0.15) is 55.4 Å². The molecule has 0 bridgehead atoms. The minimum atomic E-state index is -0.136. The van der Waals surface area contributed by atoms with E-state index < -0.39 is 0 Å². The summed E-state index contributed by atoms with van der Waals surface area (Å²) in [5.74, 6) is 6.44. The van der Waals surface area contributed by atoms with Gasteiger partial charge in [-0.15, -0.1) is 11.3 Å². The van der Waals surface area contributed by atoms with E-state index in [1.165, 1.54) is 32.1 Å². The zero-order chi connectivity index (χ0) is 14.9. The molecule has 4 heteroatoms. The van der Waals surface area contributed by atoms with Gasteiger partial charge in [-0.1, -0.05) is 43.9 Å². The summed E-state index contributed by atoms with van der Waals surface area (Å²) >= 11 is 1.59. The van der Waals surface area contributed by atoms with Gasteiger partial charge in [0.15, 0.2) is 0 Å². The summed E-state index contributed by atoms with van der Waals surface area (Å²) in [7, 11) is 0. The maximum atomic E-state index is 11.9. The first-order valence-electron chi connectivity index (χ1n) is 7.72. The van der Waals surface area contributed by atoms with E-state index in [2.05, 4.69) is 17.2 Å². The van der Waals surface area contributed by atoms with Crippen molar-refractivity contribution in [2.75, 3.05) is 6.61 Å². The van der Waals surface area contributed by atoms with Crippen molar-refractivity contribution in [1.82, 2.24) is 5.32 Å². The largest absolute Gasteiger partial charge is 0.384 e. The number of hydrogen-bond acceptors (Lipinski definition) is 3. The number of thiophene rings is 1. The molecule has 2 rings (SSSR count). The van der Waals surface area contributed by atoms with Gasteiger partial charge < -0.3 is 10.4 Å². The highest BCUT2D eigenvalue weighted by atomic mass is 32.1. The molecule has 3 nitrogen and oxygen atoms in total. The summed E-state index contributed by atoms with van der Waals surface area (Å²) in [6, 6.07) is 1.93. The zero-order valence-corrected chi connectivity index (χ0v) is 13.2. The van der Waals surface area contributed by atoms with Crippen LogP contribution in [0.5, 0.6) is 0 Å². The standard InChI is InChI=1S/C17H23NO2S/c19-11-4-7-15-10-12-21-16(15)13-18-17(20)9-8-14-5-2-1-3-6-14/h10,12,14,19H,1-3,5-6,8-9,11,13H2,(H,18,20). The number of carbonyl (C=O) groups excluding carboxylic acids is 1. The van der Waals surface area contributed by atoms with E-state index in [1.54, 1.807) is 11.3 Å². The van der Waals surface area contributed by atoms with Crippen LogP contribution in [0.2, 0.25) is 0 Å². The molecule has 0 spiro atoms. The van der Waals surface area contributed by atoms with E-state index in [-0.39, 0.29) is 12.5 Å². The second-order valence-corrected chi connectivity index (χ2v) is 6.54. The van der Waals surface area contributed by atoms with E-state index in [9.17, 15) is 4.79 Å². The number of aliphatic hydroxyl groups is 1. The predicted molar refractivity (Wildman–Crippen MR) is 85.9 cm³/mol. The molecule has 114 valence electrons. The first kappa shape index (κ1) is 16.1. The molecule has 1 saturated carbocycles. The van der Waals surface area contributed by atoms with Crippen LogP contribution >= 0.6 is 11.3 Å². The van der Waals surface area contributed by atoms with E-state index in [0.29, 0.717) is 13.0 Å². The van der Waals surface area contributed by atoms with Gasteiger partial charge >= 0.3 is 0 Å². The van der Waals surface area contributed by atoms with Gasteiger partial charge in [0.05, 0.1) is 6.54 Å². The quantitative estimate of drug-likeness (QED) is 0.821. The van der Waals surface area contributed by atoms with Crippen LogP contribution in [-0.4, -0.2) is 17.6 Å². The summed E-state index contributed by atoms with van der Waals surface area (Å²) < 4.78 is 0. The fraction of sp³-hybridized carbons (Fsp3) is 0.588. The zero-order valence-electron chi connectivity index (χ0n) is 12.4. The molecule has 0 radical (unpaired) electrons. The Morgan fingerprint density at radius 3 is 2.95 bits per heavy atom. The number of rotatable bonds is 5. The van der Waals surface area contributed by atoms with Gasteiger partial charge in [0.25, 0.3) is 0 Å². The summed E-state index contributed by atoms with van der Waals surface area (Å²) in [4.78, 5) is 13.0. The first-order valence-corrected chi connectivity index (χ1v) is 8.60. The van der Waals surface area contributed by atoms with Crippen molar-refractivity contribution in [3.63, 3.8) is 0 Å². The van der Waals surface area contributed by atoms with E-state index in [1.807, 2.05) is 11.4 Å². The molecule has 1 aromatic heterocycles. The predicted octanol–water partition coefficient (Wildman–Crippen LogP) is 3.07. The highest BCUT2D eigenvalue weighted by Crippen LogP contribution is 2.27. The lowest BCUT2D eigenvalue weighted by Crippen LogP contribution is -2.23. The van der Waals surface area contributed by atoms with Gasteiger partial charge in [-0.2, -0.15) is 0 Å². The van der Waals surface area contributed by atoms with E-state index >= 15 is 0 Å². The van der Waals surface area contributed by atoms with Crippen molar-refractivity contribution < 1.29 is 9.90 Å². The Labute approximate surface area is 130 Å². The third kappa shape index (κ3) is 5.53. The lowest BCUT2D eigenvalue weighted by Gasteiger charge is -2.20. The molecule has 1 aliphatic carbocycles. The third-order valence-electron chi connectivity index (χ3n) is 4.00. The van der Waals surface area contributed by atoms with Crippen LogP contribution in [0.15, 0.2) is 11.4 Å². The minimum absolute atomic E-state index is 0.134. The van der Waals surface area contributed by atoms with Crippen LogP contribution < -0.4 is 5.32 Å². The molecule has 1 aromatic rings. The SMILES string of the molecule is O=C(CCC1CCCCC1)NCc1sccc1C#CCO. The Bertz CT molecular complexity index is 506. The van der Waals surface area contributed by atoms with Crippen molar-refractivity contribution in [3.05, 3.63) is 21.9 Å². The molecular formula is C17H23NO2S. The monoisotopic (exact) mass is 305 g/mol. The Kier molecular flexibility index (Phi) is 6.78. The first-order chi connectivity index (χ1) is 10.3. The molecule has 1 heterocycles. The molecule has 0 aliphatic heterocycles. The molecule has 1 amide bonds. The average molecular weight is 305 g/mol. The Morgan fingerprint density at radius 2 is 2.19 bits per heavy atom. The van der Waals surface area contributed by atoms with Gasteiger partial charge in [-0.05, 0) is 23.8 Å². The highest BCUT2D eigenvalue weighted by molar-refractivity contribution is 7.10. The number of hydrogen-bond donors (Lipinski definition) is 2. The van der Waals surface area contributed by atoms with E-state index in [4.69, 9.17) is 5.11 Å². The van der Waals surface area contributed by atoms with Crippen molar-refractivity contribution in [2.45, 2.75) is 51.5 Å². The number of nitrogens with one attached hydrogen (secondary N) is 1. The number of aliphatic hydroxyl groups excluding tert-OH is 1. The molecule has 0 atom stereocenters. The molecule has 0 saturated heterocycles. The second kappa shape index (κ2) is 8.86. The second-order valence-electron chi connectivity index (χ2n) is 5.54. The van der Waals surface area contributed by atoms with Gasteiger partial charge in [-0.25, -0.2) is 0 Å². The van der Waals surface area contributed by atoms with Crippen LogP contribution in [-0.2, 0) is 11.3 Å². The molecule has 0 unspecified atom stereocenters. The molecule has 1 fully saturated rings. The van der Waals surface area contributed by atoms with Gasteiger partial charge in [0, 0.05) is 16.9 Å². The smallest absolute Gasteiger partial charge is 0.220 e. The maximum absolute atomic E-state index is 11.9. The van der Waals surface area contributed by atoms with Gasteiger partial charge in [0.1, 0.15) is 6.61 Å². The number of amides is 1. The van der Waals surface area contributed by atoms with Crippen molar-refractivity contribution in [1.29, 1.82) is 0 Å². The lowest BCUT2D eigenvalue weighted by atomic mass is 9.86. The normalized spacial score (nSPS) is 15.3. The molecule has 2 N–H and O–H groups in total. The molecular weight excluding hydrogens is 282 g/mol. The van der Waals surface area contributed by atoms with E-state index in [0.717, 1.165) is 22.8 Å². The van der Waals surface area contributed by atoms with Crippen LogP contribution in [0.3, 0.4) is 0 Å². The molecule has 1 aliphatic rings. The summed E-state index contributed by atoms with van der Waals surface area (Å²) in [6.45, 7) is 0.402. The Hall–Kier alpha value is -1.31. The topological polar surface area (TPSA) is 49.3 Å². The average Bonchev–Trinajstić information content (AvgIpc) is 2.97. The van der Waals surface area contributed by atoms with Crippen molar-refractivity contribution >= 4 is 17.2 Å². The minimum Gasteiger partial charge on any atom is -0.384 e. The number of carbonyl (C=O) groups is 1. The summed E-state index contributed by atoms with van der Waals surface area (Å²) in [5.41, 5.74) is 0.904. The van der Waals surface area contributed by atoms with Crippen LogP contribution in [0.25, 0.3) is 0 Å². The maximum Gasteiger partial charge on any atom is 0.220 e. The van der Waals surface area contributed by atoms with Gasteiger partial charge in [0.2, 0.25) is 5.91 Å². The van der Waals surface area contributed by atoms with Crippen LogP contribution in [0, 0.1) is 17.8 Å². The Balaban J connectivity index is 1.72. The molecule has 21 heavy (non-hydrogen) atoms. The van der Waals surface area contributed by atoms with Gasteiger partial charge in [-0.3, -0.25) is 4.79 Å². The van der Waals surface area contributed by atoms with Crippen molar-refractivity contribution in [3.8, 4) is 11.8 Å².